The lowest BCUT2D eigenvalue weighted by Crippen LogP contribution is -2.39. The van der Waals surface area contributed by atoms with E-state index in [1.165, 1.54) is 15.9 Å². The summed E-state index contributed by atoms with van der Waals surface area (Å²) < 4.78 is 24.5. The third-order valence-corrected chi connectivity index (χ3v) is 8.99. The van der Waals surface area contributed by atoms with E-state index in [-0.39, 0.29) is 25.4 Å². The molecule has 1 aliphatic rings. The van der Waals surface area contributed by atoms with Crippen molar-refractivity contribution in [1.82, 2.24) is 4.57 Å². The van der Waals surface area contributed by atoms with Crippen LogP contribution in [0.3, 0.4) is 0 Å². The number of nitrogens with zero attached hydrogens (tertiary/aromatic N) is 2. The fourth-order valence-electron chi connectivity index (χ4n) is 5.17. The summed E-state index contributed by atoms with van der Waals surface area (Å²) in [5.74, 6) is -0.688. The average molecular weight is 749 g/mol. The fraction of sp³-hybridized carbons (Fsp3) is 0.250. The molecule has 1 N–H and O–H groups in total. The summed E-state index contributed by atoms with van der Waals surface area (Å²) in [6, 6.07) is 18.3. The molecular formula is C36H34BrN3O8S. The minimum atomic E-state index is -0.710. The standard InChI is InChI=1S/C36H34BrN3O8S/c1-5-45-27-17-24(26(37)19-28(27)48-20-30(41)39-25-15-13-23(14-16-25)34(43)46-6-2)18-29-33(42)40-32(22-11-9-8-10-12-22)31(35(44)47-7-3)21(4)38-36(40)49-29/h8-19,32H,5-7,20H2,1-4H3,(H,39,41)/b29-18-/t32-/m1/s1. The third kappa shape index (κ3) is 8.01. The molecule has 11 nitrogen and oxygen atoms in total. The Morgan fingerprint density at radius 2 is 1.59 bits per heavy atom. The van der Waals surface area contributed by atoms with Crippen LogP contribution in [-0.2, 0) is 19.1 Å². The monoisotopic (exact) mass is 747 g/mol. The van der Waals surface area contributed by atoms with Crippen molar-refractivity contribution in [3.63, 3.8) is 0 Å². The van der Waals surface area contributed by atoms with Crippen LogP contribution in [0.15, 0.2) is 92.3 Å². The maximum Gasteiger partial charge on any atom is 0.338 e. The lowest BCUT2D eigenvalue weighted by Gasteiger charge is -2.24. The molecule has 254 valence electrons. The number of anilines is 1. The van der Waals surface area contributed by atoms with Gasteiger partial charge in [0.25, 0.3) is 11.5 Å². The van der Waals surface area contributed by atoms with Gasteiger partial charge in [-0.1, -0.05) is 57.6 Å². The van der Waals surface area contributed by atoms with Crippen LogP contribution in [0.4, 0.5) is 5.69 Å². The molecule has 1 atom stereocenters. The first-order valence-corrected chi connectivity index (χ1v) is 17.2. The van der Waals surface area contributed by atoms with Gasteiger partial charge in [-0.15, -0.1) is 0 Å². The highest BCUT2D eigenvalue weighted by atomic mass is 79.9. The number of benzene rings is 3. The predicted molar refractivity (Wildman–Crippen MR) is 189 cm³/mol. The van der Waals surface area contributed by atoms with Gasteiger partial charge in [0.05, 0.1) is 47.2 Å². The van der Waals surface area contributed by atoms with Crippen LogP contribution in [0.2, 0.25) is 0 Å². The summed E-state index contributed by atoms with van der Waals surface area (Å²) in [5.41, 5.74) is 2.73. The third-order valence-electron chi connectivity index (χ3n) is 7.32. The van der Waals surface area contributed by atoms with Crippen molar-refractivity contribution >= 4 is 56.9 Å². The molecule has 5 rings (SSSR count). The van der Waals surface area contributed by atoms with E-state index in [2.05, 4.69) is 26.2 Å². The van der Waals surface area contributed by atoms with Gasteiger partial charge in [0, 0.05) is 10.2 Å². The first-order valence-electron chi connectivity index (χ1n) is 15.6. The summed E-state index contributed by atoms with van der Waals surface area (Å²) in [5, 5.41) is 2.73. The molecule has 0 saturated carbocycles. The number of hydrogen-bond donors (Lipinski definition) is 1. The zero-order valence-electron chi connectivity index (χ0n) is 27.3. The van der Waals surface area contributed by atoms with Crippen LogP contribution >= 0.6 is 27.3 Å². The van der Waals surface area contributed by atoms with Crippen LogP contribution in [0.5, 0.6) is 11.5 Å². The van der Waals surface area contributed by atoms with Gasteiger partial charge in [-0.25, -0.2) is 14.6 Å². The zero-order valence-corrected chi connectivity index (χ0v) is 29.7. The number of hydrogen-bond acceptors (Lipinski definition) is 10. The summed E-state index contributed by atoms with van der Waals surface area (Å²) >= 11 is 4.79. The second-order valence-electron chi connectivity index (χ2n) is 10.6. The van der Waals surface area contributed by atoms with Crippen molar-refractivity contribution in [3.8, 4) is 11.5 Å². The highest BCUT2D eigenvalue weighted by Crippen LogP contribution is 2.35. The quantitative estimate of drug-likeness (QED) is 0.197. The van der Waals surface area contributed by atoms with Gasteiger partial charge in [-0.05, 0) is 81.3 Å². The number of aromatic nitrogens is 1. The van der Waals surface area contributed by atoms with Crippen molar-refractivity contribution in [1.29, 1.82) is 0 Å². The molecule has 0 spiro atoms. The lowest BCUT2D eigenvalue weighted by molar-refractivity contribution is -0.139. The summed E-state index contributed by atoms with van der Waals surface area (Å²) in [7, 11) is 0. The predicted octanol–water partition coefficient (Wildman–Crippen LogP) is 5.15. The van der Waals surface area contributed by atoms with Crippen molar-refractivity contribution in [2.24, 2.45) is 4.99 Å². The number of nitrogens with one attached hydrogen (secondary N) is 1. The SMILES string of the molecule is CCOC(=O)C1=C(C)N=c2s/c(=C\c3cc(OCC)c(OCC(=O)Nc4ccc(C(=O)OCC)cc4)cc3Br)c(=O)n2[C@@H]1c1ccccc1. The van der Waals surface area contributed by atoms with Gasteiger partial charge in [0.15, 0.2) is 22.9 Å². The Balaban J connectivity index is 1.42. The van der Waals surface area contributed by atoms with Crippen molar-refractivity contribution in [2.45, 2.75) is 33.7 Å². The van der Waals surface area contributed by atoms with E-state index in [9.17, 15) is 19.2 Å². The maximum absolute atomic E-state index is 14.0. The number of amides is 1. The van der Waals surface area contributed by atoms with Crippen LogP contribution in [-0.4, -0.2) is 48.8 Å². The largest absolute Gasteiger partial charge is 0.490 e. The molecular weight excluding hydrogens is 714 g/mol. The Kier molecular flexibility index (Phi) is 11.5. The average Bonchev–Trinajstić information content (AvgIpc) is 3.39. The Hall–Kier alpha value is -5.01. The molecule has 0 saturated heterocycles. The molecule has 2 heterocycles. The number of esters is 2. The number of carbonyl (C=O) groups is 3. The number of thiazole rings is 1. The summed E-state index contributed by atoms with van der Waals surface area (Å²) in [6.45, 7) is 7.49. The Morgan fingerprint density at radius 1 is 0.918 bits per heavy atom. The highest BCUT2D eigenvalue weighted by molar-refractivity contribution is 9.10. The normalized spacial score (nSPS) is 14.1. The van der Waals surface area contributed by atoms with E-state index >= 15 is 0 Å². The molecule has 0 bridgehead atoms. The number of rotatable bonds is 12. The number of ether oxygens (including phenoxy) is 4. The number of carbonyl (C=O) groups excluding carboxylic acids is 3. The molecule has 4 aromatic rings. The van der Waals surface area contributed by atoms with E-state index in [4.69, 9.17) is 18.9 Å². The summed E-state index contributed by atoms with van der Waals surface area (Å²) in [6.07, 6.45) is 1.72. The van der Waals surface area contributed by atoms with Crippen LogP contribution in [0.25, 0.3) is 6.08 Å². The number of allylic oxidation sites excluding steroid dienone is 1. The molecule has 1 aliphatic heterocycles. The van der Waals surface area contributed by atoms with Crippen molar-refractivity contribution in [3.05, 3.63) is 119 Å². The van der Waals surface area contributed by atoms with E-state index in [1.54, 1.807) is 63.2 Å². The van der Waals surface area contributed by atoms with Crippen LogP contribution < -0.4 is 29.7 Å². The van der Waals surface area contributed by atoms with Gasteiger partial charge in [0.2, 0.25) is 0 Å². The lowest BCUT2D eigenvalue weighted by atomic mass is 9.96. The van der Waals surface area contributed by atoms with E-state index in [0.29, 0.717) is 60.0 Å². The van der Waals surface area contributed by atoms with Gasteiger partial charge < -0.3 is 24.3 Å². The van der Waals surface area contributed by atoms with Gasteiger partial charge in [-0.2, -0.15) is 0 Å². The van der Waals surface area contributed by atoms with Crippen LogP contribution in [0.1, 0.15) is 55.2 Å². The van der Waals surface area contributed by atoms with E-state index < -0.39 is 23.9 Å². The zero-order chi connectivity index (χ0) is 35.1. The van der Waals surface area contributed by atoms with Gasteiger partial charge in [0.1, 0.15) is 0 Å². The van der Waals surface area contributed by atoms with Crippen molar-refractivity contribution in [2.75, 3.05) is 31.7 Å². The topological polar surface area (TPSA) is 135 Å². The maximum atomic E-state index is 14.0. The summed E-state index contributed by atoms with van der Waals surface area (Å²) in [4.78, 5) is 56.8. The molecule has 3 aromatic carbocycles. The smallest absolute Gasteiger partial charge is 0.338 e. The molecule has 13 heteroatoms. The molecule has 0 aliphatic carbocycles. The van der Waals surface area contributed by atoms with Crippen molar-refractivity contribution < 1.29 is 33.3 Å². The minimum Gasteiger partial charge on any atom is -0.490 e. The first-order chi connectivity index (χ1) is 23.6. The Morgan fingerprint density at radius 3 is 2.27 bits per heavy atom. The second kappa shape index (κ2) is 15.9. The van der Waals surface area contributed by atoms with E-state index in [0.717, 1.165) is 5.56 Å². The molecule has 0 unspecified atom stereocenters. The Bertz CT molecular complexity index is 2090. The molecule has 1 aromatic heterocycles. The Labute approximate surface area is 294 Å². The fourth-order valence-corrected chi connectivity index (χ4v) is 6.64. The molecule has 1 amide bonds. The van der Waals surface area contributed by atoms with Gasteiger partial charge in [-0.3, -0.25) is 14.2 Å². The number of fused-ring (bicyclic) bond motifs is 1. The highest BCUT2D eigenvalue weighted by Gasteiger charge is 2.33. The first kappa shape index (κ1) is 35.3. The van der Waals surface area contributed by atoms with Crippen LogP contribution in [0, 0.1) is 0 Å². The van der Waals surface area contributed by atoms with E-state index in [1.807, 2.05) is 37.3 Å². The molecule has 0 fully saturated rings. The minimum absolute atomic E-state index is 0.189. The molecule has 49 heavy (non-hydrogen) atoms. The van der Waals surface area contributed by atoms with Gasteiger partial charge >= 0.3 is 11.9 Å². The number of halogens is 1. The molecule has 0 radical (unpaired) electrons. The second-order valence-corrected chi connectivity index (χ2v) is 12.5.